The van der Waals surface area contributed by atoms with Crippen molar-refractivity contribution >= 4 is 28.2 Å². The molecule has 0 saturated heterocycles. The van der Waals surface area contributed by atoms with Gasteiger partial charge in [0.15, 0.2) is 4.34 Å². The molecule has 0 aliphatic carbocycles. The molecule has 0 aromatic carbocycles. The molecule has 21 heavy (non-hydrogen) atoms. The van der Waals surface area contributed by atoms with Crippen molar-refractivity contribution in [3.05, 3.63) is 23.0 Å². The van der Waals surface area contributed by atoms with Gasteiger partial charge in [-0.2, -0.15) is 0 Å². The van der Waals surface area contributed by atoms with E-state index in [-0.39, 0.29) is 0 Å². The lowest BCUT2D eigenvalue weighted by Crippen LogP contribution is -1.98. The van der Waals surface area contributed by atoms with Crippen LogP contribution in [0.15, 0.2) is 10.5 Å². The molecule has 0 aliphatic heterocycles. The molecule has 0 unspecified atom stereocenters. The maximum Gasteiger partial charge on any atom is 0.206 e. The third-order valence-corrected chi connectivity index (χ3v) is 5.04. The van der Waals surface area contributed by atoms with E-state index < -0.39 is 0 Å². The second-order valence-electron chi connectivity index (χ2n) is 4.63. The lowest BCUT2D eigenvalue weighted by atomic mass is 10.1. The summed E-state index contributed by atoms with van der Waals surface area (Å²) in [5.74, 6) is 1.69. The topological polar surface area (TPSA) is 59.9 Å². The first kappa shape index (κ1) is 16.0. The van der Waals surface area contributed by atoms with E-state index >= 15 is 0 Å². The fourth-order valence-electron chi connectivity index (χ4n) is 1.92. The predicted molar refractivity (Wildman–Crippen MR) is 88.5 cm³/mol. The highest BCUT2D eigenvalue weighted by molar-refractivity contribution is 8.00. The lowest BCUT2D eigenvalue weighted by molar-refractivity contribution is 0.407. The van der Waals surface area contributed by atoms with Crippen molar-refractivity contribution in [3.63, 3.8) is 0 Å². The van der Waals surface area contributed by atoms with Gasteiger partial charge in [0.25, 0.3) is 0 Å². The number of aromatic nitrogens is 3. The van der Waals surface area contributed by atoms with Crippen molar-refractivity contribution < 1.29 is 4.74 Å². The minimum atomic E-state index is 0.769. The summed E-state index contributed by atoms with van der Waals surface area (Å²) in [5.41, 5.74) is 3.19. The molecule has 114 valence electrons. The number of ether oxygens (including phenoxy) is 1. The smallest absolute Gasteiger partial charge is 0.206 e. The van der Waals surface area contributed by atoms with E-state index in [1.54, 1.807) is 30.2 Å². The van der Waals surface area contributed by atoms with Crippen LogP contribution in [-0.4, -0.2) is 28.8 Å². The zero-order chi connectivity index (χ0) is 15.2. The van der Waals surface area contributed by atoms with Crippen LogP contribution < -0.4 is 10.1 Å². The number of thioether (sulfide) groups is 1. The summed E-state index contributed by atoms with van der Waals surface area (Å²) in [6.45, 7) is 7.10. The van der Waals surface area contributed by atoms with Gasteiger partial charge >= 0.3 is 0 Å². The van der Waals surface area contributed by atoms with Gasteiger partial charge in [-0.1, -0.05) is 30.0 Å². The zero-order valence-corrected chi connectivity index (χ0v) is 14.4. The summed E-state index contributed by atoms with van der Waals surface area (Å²) in [7, 11) is 1.70. The van der Waals surface area contributed by atoms with Gasteiger partial charge in [-0.05, 0) is 20.3 Å². The van der Waals surface area contributed by atoms with Crippen LogP contribution in [0, 0.1) is 13.8 Å². The Labute approximate surface area is 133 Å². The molecule has 0 aliphatic rings. The van der Waals surface area contributed by atoms with E-state index in [0.29, 0.717) is 0 Å². The molecule has 0 bridgehead atoms. The van der Waals surface area contributed by atoms with Crippen molar-refractivity contribution in [3.8, 4) is 5.75 Å². The number of nitrogens with one attached hydrogen (secondary N) is 1. The first-order valence-corrected chi connectivity index (χ1v) is 8.65. The van der Waals surface area contributed by atoms with Gasteiger partial charge in [0.1, 0.15) is 5.75 Å². The first-order valence-electron chi connectivity index (χ1n) is 6.85. The van der Waals surface area contributed by atoms with Gasteiger partial charge in [-0.15, -0.1) is 10.2 Å². The number of aryl methyl sites for hydroxylation is 1. The highest BCUT2D eigenvalue weighted by atomic mass is 32.2. The molecule has 0 amide bonds. The van der Waals surface area contributed by atoms with E-state index in [1.807, 2.05) is 20.0 Å². The molecule has 2 heterocycles. The highest BCUT2D eigenvalue weighted by Gasteiger charge is 2.11. The molecule has 2 rings (SSSR count). The van der Waals surface area contributed by atoms with Gasteiger partial charge in [-0.3, -0.25) is 4.98 Å². The Kier molecular flexibility index (Phi) is 5.81. The molecule has 0 radical (unpaired) electrons. The standard InChI is InChI=1S/C14H20N4OS2/c1-5-6-15-13-17-18-14(21-13)20-8-11-10(3)12(19-4)9(2)7-16-11/h7H,5-6,8H2,1-4H3,(H,15,17). The fourth-order valence-corrected chi connectivity index (χ4v) is 3.72. The molecular weight excluding hydrogens is 304 g/mol. The number of rotatable bonds is 7. The number of nitrogens with zero attached hydrogens (tertiary/aromatic N) is 3. The van der Waals surface area contributed by atoms with Crippen molar-refractivity contribution in [2.45, 2.75) is 37.3 Å². The van der Waals surface area contributed by atoms with Crippen LogP contribution in [-0.2, 0) is 5.75 Å². The molecule has 5 nitrogen and oxygen atoms in total. The summed E-state index contributed by atoms with van der Waals surface area (Å²) >= 11 is 3.24. The summed E-state index contributed by atoms with van der Waals surface area (Å²) in [6.07, 6.45) is 2.93. The Balaban J connectivity index is 2.01. The van der Waals surface area contributed by atoms with Gasteiger partial charge in [-0.25, -0.2) is 0 Å². The average molecular weight is 324 g/mol. The Morgan fingerprint density at radius 1 is 1.33 bits per heavy atom. The number of hydrogen-bond donors (Lipinski definition) is 1. The van der Waals surface area contributed by atoms with E-state index in [1.165, 1.54) is 0 Å². The van der Waals surface area contributed by atoms with Gasteiger partial charge in [0, 0.05) is 29.6 Å². The first-order chi connectivity index (χ1) is 10.2. The number of pyridine rings is 1. The second kappa shape index (κ2) is 7.61. The third-order valence-electron chi connectivity index (χ3n) is 3.01. The molecule has 7 heteroatoms. The monoisotopic (exact) mass is 324 g/mol. The lowest BCUT2D eigenvalue weighted by Gasteiger charge is -2.11. The Bertz CT molecular complexity index is 601. The fraction of sp³-hybridized carbons (Fsp3) is 0.500. The van der Waals surface area contributed by atoms with E-state index in [0.717, 1.165) is 50.8 Å². The molecule has 0 fully saturated rings. The SMILES string of the molecule is CCCNc1nnc(SCc2ncc(C)c(OC)c2C)s1. The van der Waals surface area contributed by atoms with Crippen LogP contribution in [0.1, 0.15) is 30.2 Å². The largest absolute Gasteiger partial charge is 0.496 e. The Hall–Kier alpha value is -1.34. The number of methoxy groups -OCH3 is 1. The van der Waals surface area contributed by atoms with Crippen LogP contribution in [0.3, 0.4) is 0 Å². The van der Waals surface area contributed by atoms with Crippen molar-refractivity contribution in [2.24, 2.45) is 0 Å². The van der Waals surface area contributed by atoms with Crippen molar-refractivity contribution in [1.29, 1.82) is 0 Å². The van der Waals surface area contributed by atoms with Gasteiger partial charge < -0.3 is 10.1 Å². The maximum absolute atomic E-state index is 5.43. The normalized spacial score (nSPS) is 10.7. The molecule has 0 spiro atoms. The van der Waals surface area contributed by atoms with Crippen LogP contribution in [0.5, 0.6) is 5.75 Å². The number of anilines is 1. The minimum absolute atomic E-state index is 0.769. The third kappa shape index (κ3) is 4.07. The quantitative estimate of drug-likeness (QED) is 0.784. The Morgan fingerprint density at radius 3 is 2.86 bits per heavy atom. The molecular formula is C14H20N4OS2. The summed E-state index contributed by atoms with van der Waals surface area (Å²) < 4.78 is 6.39. The van der Waals surface area contributed by atoms with Crippen molar-refractivity contribution in [2.75, 3.05) is 19.0 Å². The average Bonchev–Trinajstić information content (AvgIpc) is 2.93. The molecule has 0 atom stereocenters. The second-order valence-corrected chi connectivity index (χ2v) is 6.83. The van der Waals surface area contributed by atoms with Gasteiger partial charge in [0.05, 0.1) is 12.8 Å². The van der Waals surface area contributed by atoms with Crippen LogP contribution >= 0.6 is 23.1 Å². The highest BCUT2D eigenvalue weighted by Crippen LogP contribution is 2.31. The van der Waals surface area contributed by atoms with Crippen LogP contribution in [0.25, 0.3) is 0 Å². The van der Waals surface area contributed by atoms with Gasteiger partial charge in [0.2, 0.25) is 5.13 Å². The molecule has 1 N–H and O–H groups in total. The van der Waals surface area contributed by atoms with E-state index in [2.05, 4.69) is 27.4 Å². The van der Waals surface area contributed by atoms with E-state index in [9.17, 15) is 0 Å². The predicted octanol–water partition coefficient (Wildman–Crippen LogP) is 3.67. The summed E-state index contributed by atoms with van der Waals surface area (Å²) in [6, 6.07) is 0. The molecule has 0 saturated carbocycles. The van der Waals surface area contributed by atoms with Crippen molar-refractivity contribution in [1.82, 2.24) is 15.2 Å². The van der Waals surface area contributed by atoms with E-state index in [4.69, 9.17) is 4.74 Å². The molecule has 2 aromatic heterocycles. The maximum atomic E-state index is 5.43. The minimum Gasteiger partial charge on any atom is -0.496 e. The number of hydrogen-bond acceptors (Lipinski definition) is 7. The zero-order valence-electron chi connectivity index (χ0n) is 12.8. The summed E-state index contributed by atoms with van der Waals surface area (Å²) in [4.78, 5) is 4.50. The van der Waals surface area contributed by atoms with Crippen LogP contribution in [0.2, 0.25) is 0 Å². The molecule has 2 aromatic rings. The Morgan fingerprint density at radius 2 is 2.14 bits per heavy atom. The van der Waals surface area contributed by atoms with Crippen LogP contribution in [0.4, 0.5) is 5.13 Å². The summed E-state index contributed by atoms with van der Waals surface area (Å²) in [5, 5.41) is 12.4.